The molecule has 262 valence electrons. The average Bonchev–Trinajstić information content (AvgIpc) is 3.66. The van der Waals surface area contributed by atoms with Gasteiger partial charge in [0.05, 0.1) is 11.4 Å². The van der Waals surface area contributed by atoms with E-state index in [1.807, 2.05) is 36.1 Å². The van der Waals surface area contributed by atoms with Crippen LogP contribution in [-0.4, -0.2) is 19.9 Å². The highest BCUT2D eigenvalue weighted by molar-refractivity contribution is 7.15. The summed E-state index contributed by atoms with van der Waals surface area (Å²) >= 11 is 1.85. The topological polar surface area (TPSA) is 51.6 Å². The summed E-state index contributed by atoms with van der Waals surface area (Å²) in [6.45, 7) is 18.3. The third-order valence-corrected chi connectivity index (χ3v) is 12.1. The molecule has 0 saturated heterocycles. The minimum Gasteiger partial charge on any atom is -0.254 e. The molecule has 0 bridgehead atoms. The number of benzene rings is 3. The van der Waals surface area contributed by atoms with Gasteiger partial charge in [0.25, 0.3) is 0 Å². The van der Waals surface area contributed by atoms with Crippen LogP contribution in [0.4, 0.5) is 0 Å². The molecule has 0 spiro atoms. The largest absolute Gasteiger partial charge is 0.254 e. The quantitative estimate of drug-likeness (QED) is 0.150. The van der Waals surface area contributed by atoms with Gasteiger partial charge >= 0.3 is 0 Å². The summed E-state index contributed by atoms with van der Waals surface area (Å²) in [5.41, 5.74) is 11.5. The summed E-state index contributed by atoms with van der Waals surface area (Å²) in [5.74, 6) is 0. The maximum absolute atomic E-state index is 4.95. The molecular weight excluding hydrogens is 653 g/mol. The first-order valence-electron chi connectivity index (χ1n) is 18.2. The fourth-order valence-corrected chi connectivity index (χ4v) is 8.08. The molecule has 0 aliphatic heterocycles. The van der Waals surface area contributed by atoms with Crippen LogP contribution in [-0.2, 0) is 16.2 Å². The molecular formula is C47H48N4S. The van der Waals surface area contributed by atoms with E-state index >= 15 is 0 Å². The summed E-state index contributed by atoms with van der Waals surface area (Å²) < 4.78 is 0. The van der Waals surface area contributed by atoms with E-state index < -0.39 is 0 Å². The lowest BCUT2D eigenvalue weighted by atomic mass is 9.74. The number of nitrogens with zero attached hydrogens (tertiary/aromatic N) is 4. The van der Waals surface area contributed by atoms with Gasteiger partial charge in [0.15, 0.2) is 0 Å². The van der Waals surface area contributed by atoms with Crippen molar-refractivity contribution in [2.45, 2.75) is 84.5 Å². The predicted octanol–water partition coefficient (Wildman–Crippen LogP) is 12.8. The summed E-state index contributed by atoms with van der Waals surface area (Å²) in [6.07, 6.45) is 11.5. The Bertz CT molecular complexity index is 2330. The standard InChI is InChI=1S/C47H48N4S/c1-31-24-40(33-12-16-36(17-13-33)45(2,3)4)44(51-26-31)41-25-39-34(29-50-41)10-9-11-38(39)32-14-18-37(19-15-32)46(5,6)22-23-47(7,8)43-21-20-42(52-43)35-27-48-30-49-28-35/h9-21,24-30H,22-23H2,1-8H3. The first kappa shape index (κ1) is 35.4. The van der Waals surface area contributed by atoms with Gasteiger partial charge in [-0.2, -0.15) is 0 Å². The first-order valence-corrected chi connectivity index (χ1v) is 19.0. The minimum absolute atomic E-state index is 0.0254. The second kappa shape index (κ2) is 13.9. The van der Waals surface area contributed by atoms with Crippen LogP contribution in [0.5, 0.6) is 0 Å². The molecule has 0 unspecified atom stereocenters. The van der Waals surface area contributed by atoms with Crippen molar-refractivity contribution in [3.8, 4) is 44.1 Å². The van der Waals surface area contributed by atoms with Gasteiger partial charge in [-0.1, -0.05) is 115 Å². The lowest BCUT2D eigenvalue weighted by molar-refractivity contribution is 0.379. The number of aromatic nitrogens is 4. The van der Waals surface area contributed by atoms with Gasteiger partial charge < -0.3 is 0 Å². The van der Waals surface area contributed by atoms with Gasteiger partial charge in [0.2, 0.25) is 0 Å². The van der Waals surface area contributed by atoms with E-state index in [0.29, 0.717) is 0 Å². The number of hydrogen-bond donors (Lipinski definition) is 0. The molecule has 0 fully saturated rings. The molecule has 0 N–H and O–H groups in total. The molecule has 0 radical (unpaired) electrons. The van der Waals surface area contributed by atoms with Crippen molar-refractivity contribution >= 4 is 22.1 Å². The number of hydrogen-bond acceptors (Lipinski definition) is 5. The van der Waals surface area contributed by atoms with Gasteiger partial charge in [-0.15, -0.1) is 11.3 Å². The Morgan fingerprint density at radius 2 is 1.23 bits per heavy atom. The molecule has 0 saturated carbocycles. The Morgan fingerprint density at radius 3 is 1.92 bits per heavy atom. The van der Waals surface area contributed by atoms with E-state index in [0.717, 1.165) is 51.9 Å². The Morgan fingerprint density at radius 1 is 0.577 bits per heavy atom. The molecule has 7 aromatic rings. The van der Waals surface area contributed by atoms with Crippen molar-refractivity contribution in [3.63, 3.8) is 0 Å². The van der Waals surface area contributed by atoms with Crippen LogP contribution in [0.3, 0.4) is 0 Å². The second-order valence-electron chi connectivity index (χ2n) is 16.5. The van der Waals surface area contributed by atoms with Crippen molar-refractivity contribution in [2.75, 3.05) is 0 Å². The van der Waals surface area contributed by atoms with Crippen LogP contribution < -0.4 is 0 Å². The normalized spacial score (nSPS) is 12.4. The minimum atomic E-state index is 0.0254. The lowest BCUT2D eigenvalue weighted by Crippen LogP contribution is -2.23. The smallest absolute Gasteiger partial charge is 0.115 e. The number of rotatable bonds is 9. The predicted molar refractivity (Wildman–Crippen MR) is 220 cm³/mol. The van der Waals surface area contributed by atoms with Gasteiger partial charge in [-0.05, 0) is 99.0 Å². The summed E-state index contributed by atoms with van der Waals surface area (Å²) in [7, 11) is 0. The van der Waals surface area contributed by atoms with Gasteiger partial charge in [-0.25, -0.2) is 9.97 Å². The Labute approximate surface area is 313 Å². The molecule has 0 atom stereocenters. The van der Waals surface area contributed by atoms with E-state index in [4.69, 9.17) is 9.97 Å². The number of fused-ring (bicyclic) bond motifs is 1. The number of aryl methyl sites for hydroxylation is 1. The first-order chi connectivity index (χ1) is 24.8. The highest BCUT2D eigenvalue weighted by Gasteiger charge is 2.28. The van der Waals surface area contributed by atoms with E-state index in [1.165, 1.54) is 37.4 Å². The van der Waals surface area contributed by atoms with Crippen LogP contribution in [0.1, 0.15) is 82.9 Å². The second-order valence-corrected chi connectivity index (χ2v) is 17.6. The fourth-order valence-electron chi connectivity index (χ4n) is 6.97. The Kier molecular flexibility index (Phi) is 9.43. The molecule has 3 aromatic carbocycles. The summed E-state index contributed by atoms with van der Waals surface area (Å²) in [6, 6.07) is 33.6. The average molecular weight is 701 g/mol. The molecule has 5 heteroatoms. The number of thiophene rings is 1. The Hall–Kier alpha value is -5.00. The van der Waals surface area contributed by atoms with Crippen molar-refractivity contribution < 1.29 is 0 Å². The molecule has 0 amide bonds. The van der Waals surface area contributed by atoms with E-state index in [1.54, 1.807) is 6.33 Å². The van der Waals surface area contributed by atoms with Crippen LogP contribution in [0, 0.1) is 6.92 Å². The third kappa shape index (κ3) is 7.33. The SMILES string of the molecule is Cc1cnc(-c2cc3c(-c4ccc(C(C)(C)CCC(C)(C)c5ccc(-c6cncnc6)s5)cc4)cccc3cn2)c(-c2ccc(C(C)(C)C)cc2)c1. The summed E-state index contributed by atoms with van der Waals surface area (Å²) in [5, 5.41) is 2.29. The van der Waals surface area contributed by atoms with Crippen molar-refractivity contribution in [3.05, 3.63) is 144 Å². The van der Waals surface area contributed by atoms with Crippen LogP contribution in [0.15, 0.2) is 122 Å². The number of pyridine rings is 2. The van der Waals surface area contributed by atoms with Crippen LogP contribution in [0.2, 0.25) is 0 Å². The zero-order chi connectivity index (χ0) is 36.7. The third-order valence-electron chi connectivity index (χ3n) is 10.6. The molecule has 0 aliphatic rings. The van der Waals surface area contributed by atoms with E-state index in [-0.39, 0.29) is 16.2 Å². The zero-order valence-corrected chi connectivity index (χ0v) is 32.5. The monoisotopic (exact) mass is 700 g/mol. The maximum Gasteiger partial charge on any atom is 0.115 e. The van der Waals surface area contributed by atoms with E-state index in [9.17, 15) is 0 Å². The molecule has 4 nitrogen and oxygen atoms in total. The maximum atomic E-state index is 4.95. The van der Waals surface area contributed by atoms with Crippen LogP contribution >= 0.6 is 11.3 Å². The molecule has 52 heavy (non-hydrogen) atoms. The van der Waals surface area contributed by atoms with Gasteiger partial charge in [0, 0.05) is 51.1 Å². The van der Waals surface area contributed by atoms with Crippen LogP contribution in [0.25, 0.3) is 54.9 Å². The highest BCUT2D eigenvalue weighted by atomic mass is 32.1. The molecule has 0 aliphatic carbocycles. The lowest BCUT2D eigenvalue weighted by Gasteiger charge is -2.31. The zero-order valence-electron chi connectivity index (χ0n) is 31.7. The van der Waals surface area contributed by atoms with Gasteiger partial charge in [0.1, 0.15) is 6.33 Å². The molecule has 7 rings (SSSR count). The molecule has 4 heterocycles. The molecule has 4 aromatic heterocycles. The van der Waals surface area contributed by atoms with E-state index in [2.05, 4.69) is 156 Å². The van der Waals surface area contributed by atoms with Crippen molar-refractivity contribution in [1.29, 1.82) is 0 Å². The van der Waals surface area contributed by atoms with Gasteiger partial charge in [-0.3, -0.25) is 9.97 Å². The fraction of sp³-hybridized carbons (Fsp3) is 0.277. The highest BCUT2D eigenvalue weighted by Crippen LogP contribution is 2.41. The van der Waals surface area contributed by atoms with Crippen molar-refractivity contribution in [2.24, 2.45) is 0 Å². The van der Waals surface area contributed by atoms with Crippen molar-refractivity contribution in [1.82, 2.24) is 19.9 Å². The Balaban J connectivity index is 1.14. The summed E-state index contributed by atoms with van der Waals surface area (Å²) in [4.78, 5) is 20.9.